The van der Waals surface area contributed by atoms with E-state index in [1.807, 2.05) is 40.9 Å². The largest absolute Gasteiger partial charge is 0.308 e. The molecule has 0 N–H and O–H groups in total. The third-order valence-corrected chi connectivity index (χ3v) is 12.3. The van der Waals surface area contributed by atoms with Crippen molar-refractivity contribution in [2.24, 2.45) is 0 Å². The normalized spacial score (nSPS) is 11.9. The van der Waals surface area contributed by atoms with Crippen molar-refractivity contribution in [3.63, 3.8) is 0 Å². The van der Waals surface area contributed by atoms with Crippen molar-refractivity contribution in [2.75, 3.05) is 0 Å². The van der Waals surface area contributed by atoms with Gasteiger partial charge in [-0.15, -0.1) is 22.7 Å². The van der Waals surface area contributed by atoms with Crippen molar-refractivity contribution in [1.29, 1.82) is 0 Å². The molecule has 0 saturated carbocycles. The lowest BCUT2D eigenvalue weighted by Crippen LogP contribution is -2.00. The Bertz CT molecular complexity index is 3140. The third kappa shape index (κ3) is 4.40. The van der Waals surface area contributed by atoms with Crippen molar-refractivity contribution in [3.05, 3.63) is 158 Å². The van der Waals surface area contributed by atoms with Crippen molar-refractivity contribution in [1.82, 2.24) is 19.5 Å². The molecule has 11 aromatic rings. The van der Waals surface area contributed by atoms with E-state index in [-0.39, 0.29) is 0 Å². The molecule has 4 aromatic heterocycles. The van der Waals surface area contributed by atoms with Crippen LogP contribution in [0.4, 0.5) is 0 Å². The predicted molar refractivity (Wildman–Crippen MR) is 216 cm³/mol. The molecule has 6 heteroatoms. The fourth-order valence-corrected chi connectivity index (χ4v) is 9.97. The molecule has 0 bridgehead atoms. The molecule has 0 radical (unpaired) electrons. The summed E-state index contributed by atoms with van der Waals surface area (Å²) in [5, 5.41) is 7.42. The van der Waals surface area contributed by atoms with Crippen LogP contribution in [0.1, 0.15) is 0 Å². The van der Waals surface area contributed by atoms with Gasteiger partial charge in [0.2, 0.25) is 0 Å². The predicted octanol–water partition coefficient (Wildman–Crippen LogP) is 12.7. The molecule has 0 aliphatic heterocycles. The van der Waals surface area contributed by atoms with Gasteiger partial charge in [0.05, 0.1) is 15.7 Å². The highest BCUT2D eigenvalue weighted by Crippen LogP contribution is 2.45. The third-order valence-electron chi connectivity index (χ3n) is 9.86. The number of para-hydroxylation sites is 2. The number of fused-ring (bicyclic) bond motifs is 10. The SMILES string of the molecule is c1ccc(-c2nc(-c3ccc4sc5ccccc5c4c3)nc(-c3cccc4c3sc3c4ccc4c5ccccc5n(-c5ccccc5)c43)n2)cc1. The average molecular weight is 687 g/mol. The van der Waals surface area contributed by atoms with Crippen molar-refractivity contribution in [3.8, 4) is 39.9 Å². The maximum absolute atomic E-state index is 5.24. The van der Waals surface area contributed by atoms with Gasteiger partial charge in [-0.05, 0) is 48.5 Å². The monoisotopic (exact) mass is 686 g/mol. The van der Waals surface area contributed by atoms with Crippen LogP contribution in [0, 0.1) is 0 Å². The lowest BCUT2D eigenvalue weighted by Gasteiger charge is -2.09. The molecule has 4 nitrogen and oxygen atoms in total. The summed E-state index contributed by atoms with van der Waals surface area (Å²) in [7, 11) is 0. The maximum atomic E-state index is 5.24. The van der Waals surface area contributed by atoms with Crippen LogP contribution in [0.25, 0.3) is 102 Å². The molecular weight excluding hydrogens is 661 g/mol. The summed E-state index contributed by atoms with van der Waals surface area (Å²) in [5.41, 5.74) is 6.52. The molecule has 0 amide bonds. The van der Waals surface area contributed by atoms with Gasteiger partial charge in [0.1, 0.15) is 0 Å². The first-order valence-corrected chi connectivity index (χ1v) is 18.6. The molecule has 0 fully saturated rings. The molecule has 0 aliphatic carbocycles. The van der Waals surface area contributed by atoms with E-state index < -0.39 is 0 Å². The smallest absolute Gasteiger partial charge is 0.165 e. The van der Waals surface area contributed by atoms with Crippen LogP contribution < -0.4 is 0 Å². The van der Waals surface area contributed by atoms with Crippen molar-refractivity contribution in [2.45, 2.75) is 0 Å². The second-order valence-corrected chi connectivity index (χ2v) is 14.9. The number of hydrogen-bond donors (Lipinski definition) is 0. The number of nitrogens with zero attached hydrogens (tertiary/aromatic N) is 4. The van der Waals surface area contributed by atoms with Crippen LogP contribution in [0.2, 0.25) is 0 Å². The summed E-state index contributed by atoms with van der Waals surface area (Å²) in [4.78, 5) is 15.5. The van der Waals surface area contributed by atoms with E-state index in [1.54, 1.807) is 0 Å². The highest BCUT2D eigenvalue weighted by Gasteiger charge is 2.21. The standard InChI is InChI=1S/C45H26N4S2/c1-3-12-27(13-4-1)43-46-44(28-22-25-39-36(26-28)31-17-8-10-21-38(31)50-39)48-45(47-43)35-19-11-18-33-34-24-23-32-30-16-7-9-20-37(30)49(29-14-5-2-6-15-29)40(32)42(34)51-41(33)35/h1-26H. The van der Waals surface area contributed by atoms with Gasteiger partial charge in [-0.25, -0.2) is 15.0 Å². The Morgan fingerprint density at radius 1 is 0.392 bits per heavy atom. The van der Waals surface area contributed by atoms with Gasteiger partial charge in [0, 0.05) is 68.8 Å². The molecule has 0 unspecified atom stereocenters. The van der Waals surface area contributed by atoms with Crippen LogP contribution in [0.5, 0.6) is 0 Å². The van der Waals surface area contributed by atoms with E-state index in [0.717, 1.165) is 22.4 Å². The molecule has 11 rings (SSSR count). The zero-order chi connectivity index (χ0) is 33.5. The topological polar surface area (TPSA) is 43.6 Å². The number of thiophene rings is 2. The molecule has 4 heterocycles. The molecular formula is C45H26N4S2. The lowest BCUT2D eigenvalue weighted by molar-refractivity contribution is 1.08. The van der Waals surface area contributed by atoms with Crippen LogP contribution in [-0.2, 0) is 0 Å². The van der Waals surface area contributed by atoms with E-state index in [4.69, 9.17) is 15.0 Å². The Hall–Kier alpha value is -6.21. The average Bonchev–Trinajstić information content (AvgIpc) is 3.88. The van der Waals surface area contributed by atoms with E-state index in [2.05, 4.69) is 144 Å². The Balaban J connectivity index is 1.18. The quantitative estimate of drug-likeness (QED) is 0.185. The summed E-state index contributed by atoms with van der Waals surface area (Å²) in [6.07, 6.45) is 0. The minimum Gasteiger partial charge on any atom is -0.308 e. The summed E-state index contributed by atoms with van der Waals surface area (Å²) < 4.78 is 7.37. The minimum atomic E-state index is 0.663. The number of hydrogen-bond acceptors (Lipinski definition) is 5. The van der Waals surface area contributed by atoms with Crippen LogP contribution in [0.3, 0.4) is 0 Å². The summed E-state index contributed by atoms with van der Waals surface area (Å²) in [6.45, 7) is 0. The zero-order valence-electron chi connectivity index (χ0n) is 27.1. The Morgan fingerprint density at radius 2 is 1.04 bits per heavy atom. The molecule has 0 spiro atoms. The van der Waals surface area contributed by atoms with E-state index in [1.165, 1.54) is 62.2 Å². The first-order chi connectivity index (χ1) is 25.3. The van der Waals surface area contributed by atoms with Gasteiger partial charge in [0.25, 0.3) is 0 Å². The zero-order valence-corrected chi connectivity index (χ0v) is 28.7. The summed E-state index contributed by atoms with van der Waals surface area (Å²) >= 11 is 3.64. The van der Waals surface area contributed by atoms with Gasteiger partial charge < -0.3 is 4.57 Å². The Kier molecular flexibility index (Phi) is 6.26. The number of aromatic nitrogens is 4. The van der Waals surface area contributed by atoms with E-state index >= 15 is 0 Å². The minimum absolute atomic E-state index is 0.663. The number of benzene rings is 7. The van der Waals surface area contributed by atoms with Gasteiger partial charge in [-0.2, -0.15) is 0 Å². The molecule has 7 aromatic carbocycles. The molecule has 0 aliphatic rings. The second kappa shape index (κ2) is 11.2. The molecule has 0 atom stereocenters. The van der Waals surface area contributed by atoms with Crippen LogP contribution in [-0.4, -0.2) is 19.5 Å². The van der Waals surface area contributed by atoms with Crippen molar-refractivity contribution >= 4 is 84.8 Å². The summed E-state index contributed by atoms with van der Waals surface area (Å²) in [6, 6.07) is 55.9. The highest BCUT2D eigenvalue weighted by atomic mass is 32.1. The fraction of sp³-hybridized carbons (Fsp3) is 0. The van der Waals surface area contributed by atoms with Gasteiger partial charge in [0.15, 0.2) is 17.5 Å². The first-order valence-electron chi connectivity index (χ1n) is 16.9. The summed E-state index contributed by atoms with van der Waals surface area (Å²) in [5.74, 6) is 2.00. The Morgan fingerprint density at radius 3 is 1.90 bits per heavy atom. The van der Waals surface area contributed by atoms with Gasteiger partial charge in [-0.3, -0.25) is 0 Å². The highest BCUT2D eigenvalue weighted by molar-refractivity contribution is 7.27. The Labute approximate surface area is 300 Å². The van der Waals surface area contributed by atoms with Crippen molar-refractivity contribution < 1.29 is 0 Å². The lowest BCUT2D eigenvalue weighted by atomic mass is 10.1. The van der Waals surface area contributed by atoms with Gasteiger partial charge >= 0.3 is 0 Å². The molecule has 238 valence electrons. The second-order valence-electron chi connectivity index (χ2n) is 12.8. The van der Waals surface area contributed by atoms with Gasteiger partial charge in [-0.1, -0.05) is 109 Å². The number of rotatable bonds is 4. The molecule has 51 heavy (non-hydrogen) atoms. The van der Waals surface area contributed by atoms with E-state index in [0.29, 0.717) is 17.5 Å². The van der Waals surface area contributed by atoms with Crippen LogP contribution >= 0.6 is 22.7 Å². The van der Waals surface area contributed by atoms with E-state index in [9.17, 15) is 0 Å². The maximum Gasteiger partial charge on any atom is 0.165 e. The fourth-order valence-electron chi connectivity index (χ4n) is 7.53. The molecule has 0 saturated heterocycles. The van der Waals surface area contributed by atoms with Crippen LogP contribution in [0.15, 0.2) is 158 Å². The first kappa shape index (κ1) is 28.6.